The molecule has 2 aliphatic heterocycles. The van der Waals surface area contributed by atoms with Gasteiger partial charge in [0.05, 0.1) is 28.5 Å². The quantitative estimate of drug-likeness (QED) is 0.468. The average Bonchev–Trinajstić information content (AvgIpc) is 3.37. The molecular weight excluding hydrogens is 431 g/mol. The smallest absolute Gasteiger partial charge is 0.256 e. The number of carbonyl (C=O) groups is 1. The summed E-state index contributed by atoms with van der Waals surface area (Å²) in [4.78, 5) is 27.1. The van der Waals surface area contributed by atoms with Gasteiger partial charge in [-0.25, -0.2) is 14.1 Å². The van der Waals surface area contributed by atoms with Crippen LogP contribution in [0.5, 0.6) is 0 Å². The molecule has 4 aromatic rings. The monoisotopic (exact) mass is 456 g/mol. The first-order chi connectivity index (χ1) is 16.5. The summed E-state index contributed by atoms with van der Waals surface area (Å²) < 4.78 is 15.2. The number of fused-ring (bicyclic) bond motifs is 3. The lowest BCUT2D eigenvalue weighted by Crippen LogP contribution is -2.54. The zero-order chi connectivity index (χ0) is 23.2. The fourth-order valence-electron chi connectivity index (χ4n) is 5.36. The first kappa shape index (κ1) is 20.8. The molecule has 6 rings (SSSR count). The van der Waals surface area contributed by atoms with Crippen molar-refractivity contribution < 1.29 is 9.18 Å². The molecule has 0 N–H and O–H groups in total. The Balaban J connectivity index is 1.22. The molecule has 2 saturated heterocycles. The van der Waals surface area contributed by atoms with E-state index in [1.165, 1.54) is 12.1 Å². The Morgan fingerprint density at radius 3 is 2.62 bits per heavy atom. The third kappa shape index (κ3) is 3.79. The molecular formula is C26H25FN6O. The van der Waals surface area contributed by atoms with Crippen LogP contribution < -0.4 is 4.90 Å². The fraction of sp³-hybridized carbons (Fsp3) is 0.308. The lowest BCUT2D eigenvalue weighted by molar-refractivity contribution is 0.0564. The fourth-order valence-corrected chi connectivity index (χ4v) is 5.36. The first-order valence-electron chi connectivity index (χ1n) is 11.6. The van der Waals surface area contributed by atoms with Crippen LogP contribution in [-0.2, 0) is 0 Å². The van der Waals surface area contributed by atoms with Gasteiger partial charge < -0.3 is 9.80 Å². The Morgan fingerprint density at radius 2 is 1.85 bits per heavy atom. The molecule has 2 atom stereocenters. The second kappa shape index (κ2) is 8.20. The normalized spacial score (nSPS) is 20.1. The van der Waals surface area contributed by atoms with Crippen LogP contribution in [0.3, 0.4) is 0 Å². The molecule has 2 aromatic carbocycles. The Hall–Kier alpha value is -3.81. The molecule has 172 valence electrons. The summed E-state index contributed by atoms with van der Waals surface area (Å²) in [6, 6.07) is 12.3. The van der Waals surface area contributed by atoms with Gasteiger partial charge in [-0.05, 0) is 55.5 Å². The number of hydrogen-bond donors (Lipinski definition) is 0. The number of hydrogen-bond acceptors (Lipinski definition) is 5. The molecule has 2 bridgehead atoms. The van der Waals surface area contributed by atoms with Gasteiger partial charge in [-0.2, -0.15) is 5.10 Å². The van der Waals surface area contributed by atoms with Crippen molar-refractivity contribution in [1.82, 2.24) is 24.6 Å². The largest absolute Gasteiger partial charge is 0.355 e. The highest BCUT2D eigenvalue weighted by atomic mass is 19.1. The molecule has 2 fully saturated rings. The van der Waals surface area contributed by atoms with Gasteiger partial charge in [0, 0.05) is 44.6 Å². The number of piperidine rings is 2. The Bertz CT molecular complexity index is 1360. The van der Waals surface area contributed by atoms with Crippen LogP contribution >= 0.6 is 0 Å². The number of rotatable bonds is 3. The van der Waals surface area contributed by atoms with Gasteiger partial charge in [0.1, 0.15) is 11.6 Å². The van der Waals surface area contributed by atoms with Crippen LogP contribution in [0, 0.1) is 24.6 Å². The standard InChI is InChI=1S/C26H25FN6O/c1-17-3-6-24(33-8-2-7-29-33)21(9-17)26(34)32-15-18-10-19(16-32)14-31(13-18)25-12-28-23-11-20(27)4-5-22(23)30-25/h2-9,11-12,18-19H,10,13-16H2,1H3. The number of anilines is 1. The maximum Gasteiger partial charge on any atom is 0.256 e. The van der Waals surface area contributed by atoms with Gasteiger partial charge >= 0.3 is 0 Å². The average molecular weight is 457 g/mol. The van der Waals surface area contributed by atoms with Crippen molar-refractivity contribution in [3.8, 4) is 5.69 Å². The summed E-state index contributed by atoms with van der Waals surface area (Å²) >= 11 is 0. The van der Waals surface area contributed by atoms with Gasteiger partial charge in [0.25, 0.3) is 5.91 Å². The lowest BCUT2D eigenvalue weighted by Gasteiger charge is -2.46. The Kier molecular flexibility index (Phi) is 5.01. The summed E-state index contributed by atoms with van der Waals surface area (Å²) in [6.07, 6.45) is 6.42. The van der Waals surface area contributed by atoms with Crippen LogP contribution in [0.4, 0.5) is 10.2 Å². The summed E-state index contributed by atoms with van der Waals surface area (Å²) in [7, 11) is 0. The molecule has 2 aliphatic rings. The highest BCUT2D eigenvalue weighted by molar-refractivity contribution is 5.98. The van der Waals surface area contributed by atoms with Gasteiger partial charge in [-0.3, -0.25) is 9.78 Å². The number of benzene rings is 2. The van der Waals surface area contributed by atoms with E-state index in [9.17, 15) is 9.18 Å². The third-order valence-electron chi connectivity index (χ3n) is 6.82. The highest BCUT2D eigenvalue weighted by Gasteiger charge is 2.37. The van der Waals surface area contributed by atoms with Crippen LogP contribution in [0.15, 0.2) is 61.1 Å². The predicted molar refractivity (Wildman–Crippen MR) is 128 cm³/mol. The molecule has 7 nitrogen and oxygen atoms in total. The highest BCUT2D eigenvalue weighted by Crippen LogP contribution is 2.32. The predicted octanol–water partition coefficient (Wildman–Crippen LogP) is 3.86. The van der Waals surface area contributed by atoms with Gasteiger partial charge in [-0.1, -0.05) is 11.6 Å². The van der Waals surface area contributed by atoms with Crippen molar-refractivity contribution in [2.24, 2.45) is 11.8 Å². The third-order valence-corrected chi connectivity index (χ3v) is 6.82. The van der Waals surface area contributed by atoms with Crippen LogP contribution in [0.1, 0.15) is 22.3 Å². The molecule has 0 aliphatic carbocycles. The van der Waals surface area contributed by atoms with Crippen molar-refractivity contribution in [3.63, 3.8) is 0 Å². The topological polar surface area (TPSA) is 67.2 Å². The van der Waals surface area contributed by atoms with E-state index in [0.717, 1.165) is 36.6 Å². The van der Waals surface area contributed by atoms with E-state index in [4.69, 9.17) is 4.98 Å². The molecule has 0 spiro atoms. The lowest BCUT2D eigenvalue weighted by atomic mass is 9.84. The molecule has 0 saturated carbocycles. The van der Waals surface area contributed by atoms with Crippen LogP contribution in [0.25, 0.3) is 16.7 Å². The summed E-state index contributed by atoms with van der Waals surface area (Å²) in [6.45, 7) is 5.07. The maximum atomic E-state index is 13.6. The minimum atomic E-state index is -0.309. The zero-order valence-corrected chi connectivity index (χ0v) is 18.9. The zero-order valence-electron chi connectivity index (χ0n) is 18.9. The summed E-state index contributed by atoms with van der Waals surface area (Å²) in [5.74, 6) is 1.29. The summed E-state index contributed by atoms with van der Waals surface area (Å²) in [5.41, 5.74) is 3.80. The SMILES string of the molecule is Cc1ccc(-n2cccn2)c(C(=O)N2CC3CC(C2)CN(c2cnc4cc(F)ccc4n2)C3)c1. The number of nitrogens with zero attached hydrogens (tertiary/aromatic N) is 6. The van der Waals surface area contributed by atoms with E-state index < -0.39 is 0 Å². The summed E-state index contributed by atoms with van der Waals surface area (Å²) in [5, 5.41) is 4.34. The molecule has 1 amide bonds. The Labute approximate surface area is 196 Å². The molecule has 4 heterocycles. The van der Waals surface area contributed by atoms with Crippen molar-refractivity contribution in [2.75, 3.05) is 31.1 Å². The van der Waals surface area contributed by atoms with Crippen molar-refractivity contribution >= 4 is 22.8 Å². The van der Waals surface area contributed by atoms with Crippen LogP contribution in [0.2, 0.25) is 0 Å². The maximum absolute atomic E-state index is 13.6. The van der Waals surface area contributed by atoms with Crippen molar-refractivity contribution in [3.05, 3.63) is 78.0 Å². The second-order valence-corrected chi connectivity index (χ2v) is 9.42. The number of halogens is 1. The molecule has 2 aromatic heterocycles. The number of carbonyl (C=O) groups excluding carboxylic acids is 1. The second-order valence-electron chi connectivity index (χ2n) is 9.42. The van der Waals surface area contributed by atoms with E-state index in [0.29, 0.717) is 41.5 Å². The number of aryl methyl sites for hydroxylation is 1. The minimum absolute atomic E-state index is 0.0601. The first-order valence-corrected chi connectivity index (χ1v) is 11.6. The number of likely N-dealkylation sites (tertiary alicyclic amines) is 1. The van der Waals surface area contributed by atoms with E-state index in [-0.39, 0.29) is 11.7 Å². The molecule has 2 unspecified atom stereocenters. The minimum Gasteiger partial charge on any atom is -0.355 e. The Morgan fingerprint density at radius 1 is 1.03 bits per heavy atom. The molecule has 34 heavy (non-hydrogen) atoms. The van der Waals surface area contributed by atoms with Crippen molar-refractivity contribution in [2.45, 2.75) is 13.3 Å². The number of amides is 1. The van der Waals surface area contributed by atoms with Crippen molar-refractivity contribution in [1.29, 1.82) is 0 Å². The van der Waals surface area contributed by atoms with Gasteiger partial charge in [0.15, 0.2) is 0 Å². The van der Waals surface area contributed by atoms with E-state index in [1.807, 2.05) is 42.3 Å². The van der Waals surface area contributed by atoms with E-state index in [2.05, 4.69) is 15.0 Å². The van der Waals surface area contributed by atoms with E-state index >= 15 is 0 Å². The number of aromatic nitrogens is 4. The van der Waals surface area contributed by atoms with Gasteiger partial charge in [0.2, 0.25) is 0 Å². The molecule has 0 radical (unpaired) electrons. The van der Waals surface area contributed by atoms with Gasteiger partial charge in [-0.15, -0.1) is 0 Å². The van der Waals surface area contributed by atoms with Crippen LogP contribution in [-0.4, -0.2) is 56.7 Å². The molecule has 8 heteroatoms. The van der Waals surface area contributed by atoms with E-state index in [1.54, 1.807) is 23.1 Å².